The Kier molecular flexibility index (Phi) is 7.97. The molecular formula is C16H25NO9. The molecule has 0 bridgehead atoms. The van der Waals surface area contributed by atoms with E-state index in [-0.39, 0.29) is 6.61 Å². The van der Waals surface area contributed by atoms with Gasteiger partial charge in [-0.05, 0) is 14.1 Å². The largest absolute Gasteiger partial charge is 0.463 e. The van der Waals surface area contributed by atoms with Crippen LogP contribution in [0.4, 0.5) is 0 Å². The lowest BCUT2D eigenvalue weighted by Gasteiger charge is -2.46. The minimum atomic E-state index is -1.13. The number of carbonyl (C=O) groups is 4. The van der Waals surface area contributed by atoms with Gasteiger partial charge in [0.25, 0.3) is 0 Å². The van der Waals surface area contributed by atoms with E-state index in [4.69, 9.17) is 23.7 Å². The average molecular weight is 375 g/mol. The molecule has 1 saturated heterocycles. The molecule has 0 saturated carbocycles. The third-order valence-electron chi connectivity index (χ3n) is 3.55. The lowest BCUT2D eigenvalue weighted by Crippen LogP contribution is -2.65. The van der Waals surface area contributed by atoms with Crippen LogP contribution in [-0.4, -0.2) is 80.1 Å². The minimum absolute atomic E-state index is 0.275. The first kappa shape index (κ1) is 21.8. The van der Waals surface area contributed by atoms with Crippen molar-refractivity contribution >= 4 is 23.9 Å². The van der Waals surface area contributed by atoms with E-state index in [9.17, 15) is 19.2 Å². The Morgan fingerprint density at radius 3 is 1.73 bits per heavy atom. The Hall–Kier alpha value is -2.20. The monoisotopic (exact) mass is 375 g/mol. The van der Waals surface area contributed by atoms with Gasteiger partial charge in [-0.2, -0.15) is 0 Å². The Balaban J connectivity index is 3.26. The highest BCUT2D eigenvalue weighted by Crippen LogP contribution is 2.30. The number of ether oxygens (including phenoxy) is 5. The lowest BCUT2D eigenvalue weighted by atomic mass is 9.95. The molecule has 10 heteroatoms. The minimum Gasteiger partial charge on any atom is -0.463 e. The summed E-state index contributed by atoms with van der Waals surface area (Å²) in [6, 6.07) is -0.749. The molecule has 1 fully saturated rings. The average Bonchev–Trinajstić information content (AvgIpc) is 2.45. The van der Waals surface area contributed by atoms with Crippen molar-refractivity contribution in [1.82, 2.24) is 4.90 Å². The molecule has 0 aliphatic carbocycles. The molecule has 1 rings (SSSR count). The van der Waals surface area contributed by atoms with E-state index in [2.05, 4.69) is 0 Å². The molecule has 0 N–H and O–H groups in total. The third-order valence-corrected chi connectivity index (χ3v) is 3.55. The normalized spacial score (nSPS) is 28.2. The summed E-state index contributed by atoms with van der Waals surface area (Å²) in [7, 11) is 3.33. The van der Waals surface area contributed by atoms with E-state index in [1.165, 1.54) is 27.7 Å². The zero-order chi connectivity index (χ0) is 20.0. The first-order chi connectivity index (χ1) is 12.0. The number of hydrogen-bond acceptors (Lipinski definition) is 10. The topological polar surface area (TPSA) is 118 Å². The van der Waals surface area contributed by atoms with Crippen molar-refractivity contribution in [3.05, 3.63) is 0 Å². The SMILES string of the molecule is CC(=O)OC[C@H]1O[C@@H](OC(C)=O)[C@H](N(C)C)[C@H](OC(C)=O)[C@H]1OC(C)=O. The van der Waals surface area contributed by atoms with Crippen molar-refractivity contribution < 1.29 is 42.9 Å². The van der Waals surface area contributed by atoms with Gasteiger partial charge < -0.3 is 23.7 Å². The van der Waals surface area contributed by atoms with Crippen LogP contribution in [0.2, 0.25) is 0 Å². The zero-order valence-electron chi connectivity index (χ0n) is 15.7. The van der Waals surface area contributed by atoms with Crippen molar-refractivity contribution in [2.75, 3.05) is 20.7 Å². The van der Waals surface area contributed by atoms with E-state index < -0.39 is 54.5 Å². The highest BCUT2D eigenvalue weighted by atomic mass is 16.7. The summed E-state index contributed by atoms with van der Waals surface area (Å²) >= 11 is 0. The van der Waals surface area contributed by atoms with E-state index in [1.807, 2.05) is 0 Å². The highest BCUT2D eigenvalue weighted by Gasteiger charge is 2.52. The van der Waals surface area contributed by atoms with Gasteiger partial charge in [0, 0.05) is 27.7 Å². The van der Waals surface area contributed by atoms with Crippen LogP contribution < -0.4 is 0 Å². The smallest absolute Gasteiger partial charge is 0.304 e. The molecule has 10 nitrogen and oxygen atoms in total. The molecule has 0 amide bonds. The predicted molar refractivity (Wildman–Crippen MR) is 85.6 cm³/mol. The fourth-order valence-corrected chi connectivity index (χ4v) is 2.69. The zero-order valence-corrected chi connectivity index (χ0v) is 15.7. The van der Waals surface area contributed by atoms with Crippen LogP contribution in [0.25, 0.3) is 0 Å². The van der Waals surface area contributed by atoms with E-state index in [1.54, 1.807) is 19.0 Å². The van der Waals surface area contributed by atoms with Crippen molar-refractivity contribution in [2.45, 2.75) is 58.3 Å². The first-order valence-electron chi connectivity index (χ1n) is 7.99. The van der Waals surface area contributed by atoms with E-state index in [0.717, 1.165) is 0 Å². The van der Waals surface area contributed by atoms with Crippen LogP contribution in [0.3, 0.4) is 0 Å². The van der Waals surface area contributed by atoms with Gasteiger partial charge in [0.05, 0.1) is 0 Å². The van der Waals surface area contributed by atoms with Gasteiger partial charge in [0.15, 0.2) is 12.2 Å². The van der Waals surface area contributed by atoms with Gasteiger partial charge in [-0.3, -0.25) is 24.1 Å². The molecule has 0 aromatic carbocycles. The van der Waals surface area contributed by atoms with E-state index >= 15 is 0 Å². The van der Waals surface area contributed by atoms with Gasteiger partial charge in [0.1, 0.15) is 18.8 Å². The summed E-state index contributed by atoms with van der Waals surface area (Å²) in [6.07, 6.45) is -4.19. The number of likely N-dealkylation sites (N-methyl/N-ethyl adjacent to an activating group) is 1. The molecule has 5 atom stereocenters. The first-order valence-corrected chi connectivity index (χ1v) is 7.99. The molecule has 0 aromatic rings. The van der Waals surface area contributed by atoms with Gasteiger partial charge in [-0.1, -0.05) is 0 Å². The molecule has 0 aromatic heterocycles. The predicted octanol–water partition coefficient (Wildman–Crippen LogP) is -0.369. The van der Waals surface area contributed by atoms with Crippen LogP contribution in [0.1, 0.15) is 27.7 Å². The Morgan fingerprint density at radius 1 is 0.808 bits per heavy atom. The molecule has 0 unspecified atom stereocenters. The summed E-state index contributed by atoms with van der Waals surface area (Å²) in [5.74, 6) is -2.43. The highest BCUT2D eigenvalue weighted by molar-refractivity contribution is 5.68. The van der Waals surface area contributed by atoms with Gasteiger partial charge >= 0.3 is 23.9 Å². The molecular weight excluding hydrogens is 350 g/mol. The number of hydrogen-bond donors (Lipinski definition) is 0. The summed E-state index contributed by atoms with van der Waals surface area (Å²) in [5, 5.41) is 0. The molecule has 1 heterocycles. The third kappa shape index (κ3) is 6.26. The number of nitrogens with zero attached hydrogens (tertiary/aromatic N) is 1. The number of carbonyl (C=O) groups excluding carboxylic acids is 4. The second-order valence-corrected chi connectivity index (χ2v) is 6.06. The maximum atomic E-state index is 11.6. The van der Waals surface area contributed by atoms with Gasteiger partial charge in [0.2, 0.25) is 6.29 Å². The second-order valence-electron chi connectivity index (χ2n) is 6.06. The van der Waals surface area contributed by atoms with Crippen molar-refractivity contribution in [3.8, 4) is 0 Å². The lowest BCUT2D eigenvalue weighted by molar-refractivity contribution is -0.282. The summed E-state index contributed by atoms with van der Waals surface area (Å²) < 4.78 is 26.5. The Bertz CT molecular complexity index is 548. The van der Waals surface area contributed by atoms with Crippen molar-refractivity contribution in [2.24, 2.45) is 0 Å². The van der Waals surface area contributed by atoms with E-state index in [0.29, 0.717) is 0 Å². The molecule has 26 heavy (non-hydrogen) atoms. The van der Waals surface area contributed by atoms with Crippen LogP contribution >= 0.6 is 0 Å². The molecule has 148 valence electrons. The summed E-state index contributed by atoms with van der Waals surface area (Å²) in [6.45, 7) is 4.53. The van der Waals surface area contributed by atoms with Crippen LogP contribution in [-0.2, 0) is 42.9 Å². The Morgan fingerprint density at radius 2 is 1.31 bits per heavy atom. The van der Waals surface area contributed by atoms with Gasteiger partial charge in [-0.15, -0.1) is 0 Å². The molecule has 0 radical (unpaired) electrons. The summed E-state index contributed by atoms with van der Waals surface area (Å²) in [5.41, 5.74) is 0. The number of esters is 4. The maximum Gasteiger partial charge on any atom is 0.304 e. The molecule has 1 aliphatic heterocycles. The standard InChI is InChI=1S/C16H25NO9/c1-8(18)22-7-12-14(23-9(2)19)15(24-10(3)20)13(17(5)6)16(26-12)25-11(4)21/h12-16H,7H2,1-6H3/t12-,13-,14+,15+,16-/m1/s1. The van der Waals surface area contributed by atoms with Crippen LogP contribution in [0, 0.1) is 0 Å². The number of rotatable bonds is 6. The fourth-order valence-electron chi connectivity index (χ4n) is 2.69. The van der Waals surface area contributed by atoms with Crippen LogP contribution in [0.15, 0.2) is 0 Å². The quantitative estimate of drug-likeness (QED) is 0.449. The summed E-state index contributed by atoms with van der Waals surface area (Å²) in [4.78, 5) is 47.3. The molecule has 0 spiro atoms. The molecule has 1 aliphatic rings. The maximum absolute atomic E-state index is 11.6. The van der Waals surface area contributed by atoms with Crippen molar-refractivity contribution in [1.29, 1.82) is 0 Å². The Labute approximate surface area is 151 Å². The second kappa shape index (κ2) is 9.48. The van der Waals surface area contributed by atoms with Gasteiger partial charge in [-0.25, -0.2) is 0 Å². The van der Waals surface area contributed by atoms with Crippen molar-refractivity contribution in [3.63, 3.8) is 0 Å². The fraction of sp³-hybridized carbons (Fsp3) is 0.750. The van der Waals surface area contributed by atoms with Crippen LogP contribution in [0.5, 0.6) is 0 Å².